The lowest BCUT2D eigenvalue weighted by Crippen LogP contribution is -2.32. The summed E-state index contributed by atoms with van der Waals surface area (Å²) in [7, 11) is 0. The molecule has 25 heavy (non-hydrogen) atoms. The number of rotatable bonds is 4. The smallest absolute Gasteiger partial charge is 0.343 e. The van der Waals surface area contributed by atoms with Crippen LogP contribution in [0.2, 0.25) is 5.02 Å². The average Bonchev–Trinajstić information content (AvgIpc) is 2.54. The Labute approximate surface area is 144 Å². The van der Waals surface area contributed by atoms with Crippen LogP contribution in [0.5, 0.6) is 0 Å². The lowest BCUT2D eigenvalue weighted by atomic mass is 10.2. The quantitative estimate of drug-likeness (QED) is 0.798. The van der Waals surface area contributed by atoms with Crippen molar-refractivity contribution in [1.82, 2.24) is 5.32 Å². The van der Waals surface area contributed by atoms with E-state index in [1.807, 2.05) is 0 Å². The Kier molecular flexibility index (Phi) is 5.63. The summed E-state index contributed by atoms with van der Waals surface area (Å²) >= 11 is 5.48. The van der Waals surface area contributed by atoms with Crippen LogP contribution >= 0.6 is 11.6 Å². The first-order chi connectivity index (χ1) is 11.7. The number of alkyl halides is 3. The van der Waals surface area contributed by atoms with Crippen molar-refractivity contribution in [1.29, 1.82) is 0 Å². The fourth-order valence-electron chi connectivity index (χ4n) is 1.89. The van der Waals surface area contributed by atoms with Gasteiger partial charge < -0.3 is 10.6 Å². The molecule has 132 valence electrons. The fourth-order valence-corrected chi connectivity index (χ4v) is 2.11. The highest BCUT2D eigenvalue weighted by Crippen LogP contribution is 2.36. The largest absolute Gasteiger partial charge is 0.417 e. The summed E-state index contributed by atoms with van der Waals surface area (Å²) < 4.78 is 51.0. The first-order valence-corrected chi connectivity index (χ1v) is 7.25. The molecule has 0 atom stereocenters. The second-order valence-corrected chi connectivity index (χ2v) is 5.34. The van der Waals surface area contributed by atoms with Gasteiger partial charge in [-0.05, 0) is 42.5 Å². The number of carbonyl (C=O) groups is 2. The number of benzene rings is 2. The second kappa shape index (κ2) is 7.52. The maximum atomic E-state index is 12.8. The van der Waals surface area contributed by atoms with Gasteiger partial charge in [-0.2, -0.15) is 13.2 Å². The maximum Gasteiger partial charge on any atom is 0.417 e. The number of hydrogen-bond donors (Lipinski definition) is 2. The van der Waals surface area contributed by atoms with E-state index in [1.54, 1.807) is 0 Å². The summed E-state index contributed by atoms with van der Waals surface area (Å²) in [5.41, 5.74) is -1.06. The summed E-state index contributed by atoms with van der Waals surface area (Å²) in [6.45, 7) is -0.472. The zero-order valence-corrected chi connectivity index (χ0v) is 13.2. The third kappa shape index (κ3) is 5.18. The molecule has 2 rings (SSSR count). The molecule has 0 aliphatic heterocycles. The molecule has 2 aromatic carbocycles. The van der Waals surface area contributed by atoms with Gasteiger partial charge in [0.05, 0.1) is 17.1 Å². The number of hydrogen-bond acceptors (Lipinski definition) is 2. The van der Waals surface area contributed by atoms with Gasteiger partial charge in [0.2, 0.25) is 5.91 Å². The van der Waals surface area contributed by atoms with Crippen molar-refractivity contribution < 1.29 is 27.2 Å². The van der Waals surface area contributed by atoms with Crippen molar-refractivity contribution in [3.8, 4) is 0 Å². The molecule has 0 spiro atoms. The van der Waals surface area contributed by atoms with Crippen molar-refractivity contribution in [2.45, 2.75) is 6.18 Å². The normalized spacial score (nSPS) is 11.1. The Balaban J connectivity index is 1.96. The van der Waals surface area contributed by atoms with Crippen LogP contribution in [0.1, 0.15) is 15.9 Å². The monoisotopic (exact) mass is 374 g/mol. The number of amides is 2. The molecule has 0 aliphatic rings. The van der Waals surface area contributed by atoms with Crippen LogP contribution in [-0.2, 0) is 11.0 Å². The molecule has 2 aromatic rings. The van der Waals surface area contributed by atoms with Gasteiger partial charge in [-0.25, -0.2) is 4.39 Å². The molecule has 0 bridgehead atoms. The first-order valence-electron chi connectivity index (χ1n) is 6.87. The first kappa shape index (κ1) is 18.7. The van der Waals surface area contributed by atoms with E-state index in [0.29, 0.717) is 6.07 Å². The fraction of sp³-hybridized carbons (Fsp3) is 0.125. The van der Waals surface area contributed by atoms with E-state index >= 15 is 0 Å². The summed E-state index contributed by atoms with van der Waals surface area (Å²) in [6.07, 6.45) is -4.66. The number of anilines is 1. The Bertz CT molecular complexity index is 792. The van der Waals surface area contributed by atoms with Crippen LogP contribution in [0.25, 0.3) is 0 Å². The molecule has 0 saturated heterocycles. The molecular formula is C16H11ClF4N2O2. The van der Waals surface area contributed by atoms with E-state index in [-0.39, 0.29) is 11.3 Å². The minimum atomic E-state index is -4.66. The van der Waals surface area contributed by atoms with Crippen LogP contribution in [0.15, 0.2) is 42.5 Å². The minimum absolute atomic E-state index is 0.113. The predicted molar refractivity (Wildman–Crippen MR) is 83.8 cm³/mol. The average molecular weight is 375 g/mol. The van der Waals surface area contributed by atoms with Gasteiger partial charge in [0, 0.05) is 11.3 Å². The summed E-state index contributed by atoms with van der Waals surface area (Å²) in [5.74, 6) is -1.87. The van der Waals surface area contributed by atoms with E-state index in [1.165, 1.54) is 18.2 Å². The third-order valence-electron chi connectivity index (χ3n) is 3.07. The van der Waals surface area contributed by atoms with Crippen molar-refractivity contribution >= 4 is 29.1 Å². The highest BCUT2D eigenvalue weighted by molar-refractivity contribution is 6.31. The Morgan fingerprint density at radius 1 is 1.04 bits per heavy atom. The second-order valence-electron chi connectivity index (χ2n) is 4.93. The van der Waals surface area contributed by atoms with E-state index < -0.39 is 40.9 Å². The van der Waals surface area contributed by atoms with Crippen molar-refractivity contribution in [3.05, 3.63) is 64.4 Å². The highest BCUT2D eigenvalue weighted by atomic mass is 35.5. The number of nitrogens with one attached hydrogen (secondary N) is 2. The van der Waals surface area contributed by atoms with E-state index in [2.05, 4.69) is 10.6 Å². The van der Waals surface area contributed by atoms with Gasteiger partial charge in [-0.15, -0.1) is 0 Å². The van der Waals surface area contributed by atoms with Crippen LogP contribution in [0, 0.1) is 5.82 Å². The molecule has 0 saturated carbocycles. The lowest BCUT2D eigenvalue weighted by Gasteiger charge is -2.12. The zero-order chi connectivity index (χ0) is 18.6. The molecular weight excluding hydrogens is 364 g/mol. The van der Waals surface area contributed by atoms with Gasteiger partial charge in [0.1, 0.15) is 5.82 Å². The van der Waals surface area contributed by atoms with Gasteiger partial charge in [-0.3, -0.25) is 9.59 Å². The summed E-state index contributed by atoms with van der Waals surface area (Å²) in [5, 5.41) is 4.01. The van der Waals surface area contributed by atoms with Crippen LogP contribution in [-0.4, -0.2) is 18.4 Å². The highest BCUT2D eigenvalue weighted by Gasteiger charge is 2.33. The van der Waals surface area contributed by atoms with E-state index in [9.17, 15) is 27.2 Å². The Morgan fingerprint density at radius 2 is 1.68 bits per heavy atom. The number of halogens is 5. The van der Waals surface area contributed by atoms with Crippen molar-refractivity contribution in [2.75, 3.05) is 11.9 Å². The van der Waals surface area contributed by atoms with Gasteiger partial charge in [0.25, 0.3) is 5.91 Å². The summed E-state index contributed by atoms with van der Waals surface area (Å²) in [4.78, 5) is 23.5. The molecule has 0 aliphatic carbocycles. The van der Waals surface area contributed by atoms with Crippen LogP contribution in [0.3, 0.4) is 0 Å². The number of carbonyl (C=O) groups excluding carboxylic acids is 2. The Hall–Kier alpha value is -2.61. The minimum Gasteiger partial charge on any atom is -0.343 e. The van der Waals surface area contributed by atoms with Gasteiger partial charge in [0.15, 0.2) is 0 Å². The standard InChI is InChI=1S/C16H11ClF4N2O2/c17-13-6-5-11(7-12(13)16(19,20)21)23-14(24)8-22-15(25)9-1-3-10(18)4-2-9/h1-7H,8H2,(H,22,25)(H,23,24). The lowest BCUT2D eigenvalue weighted by molar-refractivity contribution is -0.137. The molecule has 0 radical (unpaired) electrons. The summed E-state index contributed by atoms with van der Waals surface area (Å²) in [6, 6.07) is 7.55. The van der Waals surface area contributed by atoms with E-state index in [4.69, 9.17) is 11.6 Å². The van der Waals surface area contributed by atoms with Crippen LogP contribution in [0.4, 0.5) is 23.2 Å². The molecule has 0 aromatic heterocycles. The predicted octanol–water partition coefficient (Wildman–Crippen LogP) is 3.87. The SMILES string of the molecule is O=C(CNC(=O)c1ccc(F)cc1)Nc1ccc(Cl)c(C(F)(F)F)c1. The maximum absolute atomic E-state index is 12.8. The topological polar surface area (TPSA) is 58.2 Å². The van der Waals surface area contributed by atoms with Gasteiger partial charge in [-0.1, -0.05) is 11.6 Å². The van der Waals surface area contributed by atoms with Crippen molar-refractivity contribution in [2.24, 2.45) is 0 Å². The molecule has 2 N–H and O–H groups in total. The van der Waals surface area contributed by atoms with Crippen LogP contribution < -0.4 is 10.6 Å². The zero-order valence-electron chi connectivity index (χ0n) is 12.5. The van der Waals surface area contributed by atoms with Gasteiger partial charge >= 0.3 is 6.18 Å². The Morgan fingerprint density at radius 3 is 2.28 bits per heavy atom. The molecule has 2 amide bonds. The molecule has 0 fully saturated rings. The van der Waals surface area contributed by atoms with Crippen molar-refractivity contribution in [3.63, 3.8) is 0 Å². The third-order valence-corrected chi connectivity index (χ3v) is 3.40. The molecule has 0 unspecified atom stereocenters. The molecule has 0 heterocycles. The molecule has 4 nitrogen and oxygen atoms in total. The van der Waals surface area contributed by atoms with E-state index in [0.717, 1.165) is 18.2 Å². The molecule has 9 heteroatoms.